The average Bonchev–Trinajstić information content (AvgIpc) is 2.70. The third-order valence-electron chi connectivity index (χ3n) is 3.37. The molecular weight excluding hydrogens is 168 g/mol. The maximum Gasteiger partial charge on any atom is 0.242 e. The lowest BCUT2D eigenvalue weighted by Crippen LogP contribution is -2.57. The van der Waals surface area contributed by atoms with Gasteiger partial charge in [0.15, 0.2) is 0 Å². The van der Waals surface area contributed by atoms with E-state index in [9.17, 15) is 9.59 Å². The Morgan fingerprint density at radius 2 is 1.46 bits per heavy atom. The van der Waals surface area contributed by atoms with Crippen molar-refractivity contribution in [1.29, 1.82) is 0 Å². The van der Waals surface area contributed by atoms with Crippen molar-refractivity contribution in [3.63, 3.8) is 0 Å². The van der Waals surface area contributed by atoms with Gasteiger partial charge in [-0.15, -0.1) is 0 Å². The maximum atomic E-state index is 11.5. The van der Waals surface area contributed by atoms with Gasteiger partial charge in [-0.25, -0.2) is 0 Å². The minimum absolute atomic E-state index is 0.0264. The van der Waals surface area contributed by atoms with E-state index in [-0.39, 0.29) is 23.7 Å². The van der Waals surface area contributed by atoms with Crippen molar-refractivity contribution in [3.8, 4) is 0 Å². The van der Waals surface area contributed by atoms with Crippen LogP contribution >= 0.6 is 0 Å². The van der Waals surface area contributed by atoms with E-state index in [1.54, 1.807) is 0 Å². The number of amides is 2. The summed E-state index contributed by atoms with van der Waals surface area (Å²) in [6.45, 7) is 0. The Bertz CT molecular complexity index is 294. The molecule has 1 heterocycles. The number of hydrogen-bond acceptors (Lipinski definition) is 2. The Balaban J connectivity index is 2.03. The van der Waals surface area contributed by atoms with Crippen LogP contribution in [0.5, 0.6) is 0 Å². The Morgan fingerprint density at radius 3 is 1.92 bits per heavy atom. The third kappa shape index (κ3) is 0.753. The van der Waals surface area contributed by atoms with Crippen molar-refractivity contribution in [2.24, 2.45) is 23.7 Å². The smallest absolute Gasteiger partial charge is 0.242 e. The minimum Gasteiger partial charge on any atom is -0.273 e. The molecule has 4 heteroatoms. The lowest BCUT2D eigenvalue weighted by molar-refractivity contribution is -0.143. The average molecular weight is 178 g/mol. The molecule has 4 atom stereocenters. The molecule has 0 aromatic rings. The molecule has 2 bridgehead atoms. The zero-order chi connectivity index (χ0) is 9.00. The van der Waals surface area contributed by atoms with Crippen molar-refractivity contribution in [2.75, 3.05) is 0 Å². The van der Waals surface area contributed by atoms with Crippen molar-refractivity contribution in [3.05, 3.63) is 12.2 Å². The molecule has 3 rings (SSSR count). The fourth-order valence-electron chi connectivity index (χ4n) is 2.83. The minimum atomic E-state index is -0.108. The highest BCUT2D eigenvalue weighted by molar-refractivity contribution is 5.94. The van der Waals surface area contributed by atoms with Gasteiger partial charge in [0.1, 0.15) is 0 Å². The normalized spacial score (nSPS) is 45.8. The van der Waals surface area contributed by atoms with Crippen LogP contribution in [0.4, 0.5) is 0 Å². The molecule has 68 valence electrons. The zero-order valence-electron chi connectivity index (χ0n) is 6.99. The number of fused-ring (bicyclic) bond motifs is 5. The van der Waals surface area contributed by atoms with Gasteiger partial charge in [-0.05, 0) is 18.3 Å². The van der Waals surface area contributed by atoms with Gasteiger partial charge < -0.3 is 0 Å². The standard InChI is InChI=1S/C9H10N2O2/c12-8-6-4-1-2-5(3-4)7(6)9(13)11-10-8/h1-2,4-7H,3H2,(H,10,12)(H,11,13)/t4-,5-,6+,7+/m0/s1. The number of carbonyl (C=O) groups excluding carboxylic acids is 2. The second-order valence-corrected chi connectivity index (χ2v) is 3.98. The predicted octanol–water partition coefficient (Wildman–Crippen LogP) is -0.414. The highest BCUT2D eigenvalue weighted by Gasteiger charge is 2.53. The molecule has 4 nitrogen and oxygen atoms in total. The number of carbonyl (C=O) groups is 2. The summed E-state index contributed by atoms with van der Waals surface area (Å²) in [5.41, 5.74) is 4.83. The molecular formula is C9H10N2O2. The largest absolute Gasteiger partial charge is 0.273 e. The number of rotatable bonds is 0. The van der Waals surface area contributed by atoms with E-state index in [1.165, 1.54) is 0 Å². The monoisotopic (exact) mass is 178 g/mol. The lowest BCUT2D eigenvalue weighted by Gasteiger charge is -2.30. The topological polar surface area (TPSA) is 58.2 Å². The molecule has 2 fully saturated rings. The maximum absolute atomic E-state index is 11.5. The summed E-state index contributed by atoms with van der Waals surface area (Å²) in [6, 6.07) is 0. The van der Waals surface area contributed by atoms with Gasteiger partial charge in [0, 0.05) is 0 Å². The van der Waals surface area contributed by atoms with Gasteiger partial charge in [-0.1, -0.05) is 12.2 Å². The van der Waals surface area contributed by atoms with Crippen LogP contribution in [0.25, 0.3) is 0 Å². The van der Waals surface area contributed by atoms with Crippen LogP contribution in [0.15, 0.2) is 12.2 Å². The Labute approximate surface area is 75.3 Å². The van der Waals surface area contributed by atoms with Crippen LogP contribution in [0.1, 0.15) is 6.42 Å². The second-order valence-electron chi connectivity index (χ2n) is 3.98. The van der Waals surface area contributed by atoms with Crippen LogP contribution in [0.2, 0.25) is 0 Å². The van der Waals surface area contributed by atoms with E-state index >= 15 is 0 Å². The summed E-state index contributed by atoms with van der Waals surface area (Å²) in [5, 5.41) is 0. The van der Waals surface area contributed by atoms with Crippen LogP contribution in [0.3, 0.4) is 0 Å². The van der Waals surface area contributed by atoms with E-state index in [0.29, 0.717) is 11.8 Å². The van der Waals surface area contributed by atoms with E-state index in [2.05, 4.69) is 23.0 Å². The van der Waals surface area contributed by atoms with Crippen LogP contribution in [0, 0.1) is 23.7 Å². The van der Waals surface area contributed by atoms with E-state index < -0.39 is 0 Å². The zero-order valence-corrected chi connectivity index (χ0v) is 6.99. The van der Waals surface area contributed by atoms with Crippen LogP contribution in [-0.4, -0.2) is 11.8 Å². The number of allylic oxidation sites excluding steroid dienone is 2. The second kappa shape index (κ2) is 2.13. The lowest BCUT2D eigenvalue weighted by atomic mass is 9.81. The summed E-state index contributed by atoms with van der Waals surface area (Å²) in [6.07, 6.45) is 5.12. The Kier molecular flexibility index (Phi) is 1.17. The summed E-state index contributed by atoms with van der Waals surface area (Å²) in [7, 11) is 0. The molecule has 0 unspecified atom stereocenters. The first-order valence-electron chi connectivity index (χ1n) is 4.55. The molecule has 2 amide bonds. The Hall–Kier alpha value is -1.32. The van der Waals surface area contributed by atoms with E-state index in [0.717, 1.165) is 6.42 Å². The highest BCUT2D eigenvalue weighted by atomic mass is 16.2. The van der Waals surface area contributed by atoms with Crippen molar-refractivity contribution < 1.29 is 9.59 Å². The van der Waals surface area contributed by atoms with Gasteiger partial charge in [-0.2, -0.15) is 0 Å². The molecule has 0 radical (unpaired) electrons. The van der Waals surface area contributed by atoms with Crippen molar-refractivity contribution >= 4 is 11.8 Å². The van der Waals surface area contributed by atoms with E-state index in [1.807, 2.05) is 0 Å². The molecule has 0 aromatic carbocycles. The van der Waals surface area contributed by atoms with Gasteiger partial charge in [0.25, 0.3) is 0 Å². The van der Waals surface area contributed by atoms with Gasteiger partial charge in [0.2, 0.25) is 11.8 Å². The van der Waals surface area contributed by atoms with Gasteiger partial charge >= 0.3 is 0 Å². The summed E-state index contributed by atoms with van der Waals surface area (Å²) in [4.78, 5) is 22.9. The van der Waals surface area contributed by atoms with Gasteiger partial charge in [0.05, 0.1) is 11.8 Å². The number of hydrogen-bond donors (Lipinski definition) is 2. The third-order valence-corrected chi connectivity index (χ3v) is 3.37. The quantitative estimate of drug-likeness (QED) is 0.495. The molecule has 0 aromatic heterocycles. The fraction of sp³-hybridized carbons (Fsp3) is 0.556. The molecule has 3 aliphatic rings. The predicted molar refractivity (Wildman–Crippen MR) is 44.0 cm³/mol. The molecule has 13 heavy (non-hydrogen) atoms. The van der Waals surface area contributed by atoms with Crippen LogP contribution in [-0.2, 0) is 9.59 Å². The first-order valence-corrected chi connectivity index (χ1v) is 4.55. The molecule has 0 spiro atoms. The van der Waals surface area contributed by atoms with Gasteiger partial charge in [-0.3, -0.25) is 20.4 Å². The first kappa shape index (κ1) is 7.12. The van der Waals surface area contributed by atoms with Crippen molar-refractivity contribution in [2.45, 2.75) is 6.42 Å². The van der Waals surface area contributed by atoms with Crippen LogP contribution < -0.4 is 10.9 Å². The summed E-state index contributed by atoms with van der Waals surface area (Å²) >= 11 is 0. The van der Waals surface area contributed by atoms with E-state index in [4.69, 9.17) is 0 Å². The molecule has 2 aliphatic carbocycles. The summed E-state index contributed by atoms with van der Waals surface area (Å²) in [5.74, 6) is 0.317. The van der Waals surface area contributed by atoms with Crippen molar-refractivity contribution in [1.82, 2.24) is 10.9 Å². The molecule has 1 aliphatic heterocycles. The Morgan fingerprint density at radius 1 is 1.00 bits per heavy atom. The first-order chi connectivity index (χ1) is 6.27. The molecule has 2 N–H and O–H groups in total. The fourth-order valence-corrected chi connectivity index (χ4v) is 2.83. The summed E-state index contributed by atoms with van der Waals surface area (Å²) < 4.78 is 0. The highest BCUT2D eigenvalue weighted by Crippen LogP contribution is 2.48. The molecule has 1 saturated carbocycles. The molecule has 1 saturated heterocycles. The SMILES string of the molecule is O=C1NNC(=O)[C@H]2[C@H]1[C@H]1C=C[C@H]2C1. The number of nitrogens with one attached hydrogen (secondary N) is 2. The number of hydrazine groups is 1.